The third kappa shape index (κ3) is 7.62. The lowest BCUT2D eigenvalue weighted by Gasteiger charge is -2.19. The highest BCUT2D eigenvalue weighted by Crippen LogP contribution is 2.14. The van der Waals surface area contributed by atoms with E-state index in [9.17, 15) is 0 Å². The molecule has 0 aromatic heterocycles. The zero-order valence-corrected chi connectivity index (χ0v) is 10.6. The number of thioether (sulfide) groups is 1. The molecule has 86 valence electrons. The van der Waals surface area contributed by atoms with Gasteiger partial charge in [0.05, 0.1) is 18.8 Å². The quantitative estimate of drug-likeness (QED) is 0.483. The summed E-state index contributed by atoms with van der Waals surface area (Å²) in [6.07, 6.45) is 1.48. The molecule has 0 bridgehead atoms. The van der Waals surface area contributed by atoms with Crippen LogP contribution in [0.3, 0.4) is 0 Å². The number of hydrogen-bond acceptors (Lipinski definition) is 4. The molecule has 0 rings (SSSR count). The van der Waals surface area contributed by atoms with E-state index in [-0.39, 0.29) is 12.1 Å². The van der Waals surface area contributed by atoms with E-state index < -0.39 is 0 Å². The van der Waals surface area contributed by atoms with E-state index in [1.54, 1.807) is 0 Å². The number of ether oxygens (including phenoxy) is 1. The fourth-order valence-electron chi connectivity index (χ4n) is 0.851. The summed E-state index contributed by atoms with van der Waals surface area (Å²) in [6, 6.07) is 0.261. The first-order chi connectivity index (χ1) is 6.60. The Morgan fingerprint density at radius 2 is 2.00 bits per heavy atom. The summed E-state index contributed by atoms with van der Waals surface area (Å²) in [5.41, 5.74) is 2.79. The molecule has 14 heavy (non-hydrogen) atoms. The molecule has 4 heteroatoms. The minimum Gasteiger partial charge on any atom is -0.377 e. The predicted molar refractivity (Wildman–Crippen MR) is 64.4 cm³/mol. The van der Waals surface area contributed by atoms with Crippen LogP contribution in [-0.2, 0) is 4.74 Å². The Balaban J connectivity index is 3.57. The minimum absolute atomic E-state index is 0.261. The van der Waals surface area contributed by atoms with Crippen LogP contribution in [0, 0.1) is 0 Å². The highest BCUT2D eigenvalue weighted by Gasteiger charge is 2.09. The standard InChI is InChI=1S/C10H24N2OS/c1-5-9(4)14-7-10(12-11)6-13-8(2)3/h8-10,12H,5-7,11H2,1-4H3. The third-order valence-electron chi connectivity index (χ3n) is 2.02. The zero-order chi connectivity index (χ0) is 11.0. The van der Waals surface area contributed by atoms with Crippen molar-refractivity contribution in [3.05, 3.63) is 0 Å². The van der Waals surface area contributed by atoms with E-state index in [1.807, 2.05) is 25.6 Å². The molecule has 0 radical (unpaired) electrons. The first-order valence-electron chi connectivity index (χ1n) is 5.29. The van der Waals surface area contributed by atoms with Gasteiger partial charge in [0.2, 0.25) is 0 Å². The van der Waals surface area contributed by atoms with Crippen LogP contribution in [0.5, 0.6) is 0 Å². The number of hydrazine groups is 1. The van der Waals surface area contributed by atoms with E-state index in [4.69, 9.17) is 10.6 Å². The van der Waals surface area contributed by atoms with Gasteiger partial charge >= 0.3 is 0 Å². The molecule has 0 aliphatic heterocycles. The first kappa shape index (κ1) is 14.2. The molecule has 0 spiro atoms. The monoisotopic (exact) mass is 220 g/mol. The van der Waals surface area contributed by atoms with E-state index >= 15 is 0 Å². The normalized spacial score (nSPS) is 15.9. The lowest BCUT2D eigenvalue weighted by Crippen LogP contribution is -2.41. The maximum atomic E-state index is 5.50. The van der Waals surface area contributed by atoms with Crippen LogP contribution in [0.25, 0.3) is 0 Å². The number of nitrogens with one attached hydrogen (secondary N) is 1. The summed E-state index contributed by atoms with van der Waals surface area (Å²) in [6.45, 7) is 9.21. The fourth-order valence-corrected chi connectivity index (χ4v) is 1.84. The van der Waals surface area contributed by atoms with Gasteiger partial charge < -0.3 is 4.74 Å². The molecule has 0 aliphatic carbocycles. The van der Waals surface area contributed by atoms with Gasteiger partial charge in [-0.2, -0.15) is 11.8 Å². The van der Waals surface area contributed by atoms with Gasteiger partial charge in [-0.05, 0) is 20.3 Å². The summed E-state index contributed by atoms with van der Waals surface area (Å²) in [4.78, 5) is 0. The lowest BCUT2D eigenvalue weighted by atomic mass is 10.4. The SMILES string of the molecule is CCC(C)SCC(COC(C)C)NN. The van der Waals surface area contributed by atoms with Crippen molar-refractivity contribution in [1.29, 1.82) is 0 Å². The number of nitrogens with two attached hydrogens (primary N) is 1. The molecule has 0 aromatic rings. The summed E-state index contributed by atoms with van der Waals surface area (Å²) in [7, 11) is 0. The van der Waals surface area contributed by atoms with Gasteiger partial charge in [0, 0.05) is 11.0 Å². The number of hydrogen-bond donors (Lipinski definition) is 2. The molecular weight excluding hydrogens is 196 g/mol. The van der Waals surface area contributed by atoms with Gasteiger partial charge in [-0.3, -0.25) is 11.3 Å². The van der Waals surface area contributed by atoms with Crippen LogP contribution in [0.1, 0.15) is 34.1 Å². The second kappa shape index (κ2) is 8.53. The van der Waals surface area contributed by atoms with E-state index in [2.05, 4.69) is 19.3 Å². The molecule has 0 aromatic carbocycles. The van der Waals surface area contributed by atoms with E-state index in [1.165, 1.54) is 6.42 Å². The highest BCUT2D eigenvalue weighted by molar-refractivity contribution is 7.99. The maximum absolute atomic E-state index is 5.50. The van der Waals surface area contributed by atoms with Crippen LogP contribution < -0.4 is 11.3 Å². The zero-order valence-electron chi connectivity index (χ0n) is 9.75. The summed E-state index contributed by atoms with van der Waals surface area (Å²) in [5, 5.41) is 0.699. The van der Waals surface area contributed by atoms with Crippen molar-refractivity contribution in [3.8, 4) is 0 Å². The van der Waals surface area contributed by atoms with Crippen LogP contribution in [-0.4, -0.2) is 29.8 Å². The van der Waals surface area contributed by atoms with Crippen molar-refractivity contribution in [2.75, 3.05) is 12.4 Å². The Kier molecular flexibility index (Phi) is 8.67. The van der Waals surface area contributed by atoms with Gasteiger partial charge in [0.15, 0.2) is 0 Å². The molecule has 2 atom stereocenters. The van der Waals surface area contributed by atoms with Crippen LogP contribution in [0.2, 0.25) is 0 Å². The summed E-state index contributed by atoms with van der Waals surface area (Å²) in [5.74, 6) is 6.46. The van der Waals surface area contributed by atoms with Crippen molar-refractivity contribution in [1.82, 2.24) is 5.43 Å². The summed E-state index contributed by atoms with van der Waals surface area (Å²) >= 11 is 1.94. The fraction of sp³-hybridized carbons (Fsp3) is 1.00. The largest absolute Gasteiger partial charge is 0.377 e. The molecule has 0 aliphatic rings. The topological polar surface area (TPSA) is 47.3 Å². The van der Waals surface area contributed by atoms with Crippen LogP contribution in [0.4, 0.5) is 0 Å². The Hall–Kier alpha value is 0.230. The molecule has 3 N–H and O–H groups in total. The molecule has 0 heterocycles. The van der Waals surface area contributed by atoms with E-state index in [0.29, 0.717) is 11.9 Å². The molecule has 0 saturated carbocycles. The first-order valence-corrected chi connectivity index (χ1v) is 6.34. The molecule has 0 saturated heterocycles. The van der Waals surface area contributed by atoms with Crippen molar-refractivity contribution < 1.29 is 4.74 Å². The van der Waals surface area contributed by atoms with Crippen molar-refractivity contribution in [2.24, 2.45) is 5.84 Å². The maximum Gasteiger partial charge on any atom is 0.0644 e. The van der Waals surface area contributed by atoms with Crippen molar-refractivity contribution >= 4 is 11.8 Å². The second-order valence-electron chi connectivity index (χ2n) is 3.80. The van der Waals surface area contributed by atoms with Gasteiger partial charge in [0.25, 0.3) is 0 Å². The molecule has 0 amide bonds. The van der Waals surface area contributed by atoms with Crippen molar-refractivity contribution in [2.45, 2.75) is 51.5 Å². The van der Waals surface area contributed by atoms with Crippen molar-refractivity contribution in [3.63, 3.8) is 0 Å². The average molecular weight is 220 g/mol. The predicted octanol–water partition coefficient (Wildman–Crippen LogP) is 1.77. The Labute approximate surface area is 92.1 Å². The average Bonchev–Trinajstić information content (AvgIpc) is 2.17. The molecule has 3 nitrogen and oxygen atoms in total. The van der Waals surface area contributed by atoms with E-state index in [0.717, 1.165) is 5.75 Å². The van der Waals surface area contributed by atoms with Gasteiger partial charge in [-0.25, -0.2) is 0 Å². The Bertz CT molecular complexity index is 133. The Morgan fingerprint density at radius 1 is 1.36 bits per heavy atom. The molecule has 2 unspecified atom stereocenters. The van der Waals surface area contributed by atoms with Gasteiger partial charge in [-0.1, -0.05) is 13.8 Å². The second-order valence-corrected chi connectivity index (χ2v) is 5.27. The highest BCUT2D eigenvalue weighted by atomic mass is 32.2. The third-order valence-corrected chi connectivity index (χ3v) is 3.52. The number of rotatable bonds is 8. The van der Waals surface area contributed by atoms with Crippen LogP contribution in [0.15, 0.2) is 0 Å². The minimum atomic E-state index is 0.261. The molecule has 0 fully saturated rings. The smallest absolute Gasteiger partial charge is 0.0644 e. The Morgan fingerprint density at radius 3 is 2.43 bits per heavy atom. The molecular formula is C10H24N2OS. The van der Waals surface area contributed by atoms with Crippen LogP contribution >= 0.6 is 11.8 Å². The summed E-state index contributed by atoms with van der Waals surface area (Å²) < 4.78 is 5.50. The van der Waals surface area contributed by atoms with Gasteiger partial charge in [-0.15, -0.1) is 0 Å². The lowest BCUT2D eigenvalue weighted by molar-refractivity contribution is 0.0655. The van der Waals surface area contributed by atoms with Gasteiger partial charge in [0.1, 0.15) is 0 Å².